The Morgan fingerprint density at radius 2 is 1.86 bits per heavy atom. The van der Waals surface area contributed by atoms with Crippen LogP contribution in [0.1, 0.15) is 36.0 Å². The fourth-order valence-electron chi connectivity index (χ4n) is 2.56. The highest BCUT2D eigenvalue weighted by atomic mass is 35.5. The Bertz CT molecular complexity index is 611. The lowest BCUT2D eigenvalue weighted by Gasteiger charge is -2.26. The summed E-state index contributed by atoms with van der Waals surface area (Å²) >= 11 is 5.79. The van der Waals surface area contributed by atoms with E-state index in [0.717, 1.165) is 0 Å². The minimum atomic E-state index is -0.810. The summed E-state index contributed by atoms with van der Waals surface area (Å²) in [6, 6.07) is 3.59. The minimum absolute atomic E-state index is 0.119. The highest BCUT2D eigenvalue weighted by Crippen LogP contribution is 2.25. The van der Waals surface area contributed by atoms with Crippen LogP contribution >= 0.6 is 11.6 Å². The van der Waals surface area contributed by atoms with Crippen LogP contribution in [0.5, 0.6) is 0 Å². The third kappa shape index (κ3) is 3.94. The van der Waals surface area contributed by atoms with Crippen molar-refractivity contribution in [1.29, 1.82) is 0 Å². The third-order valence-electron chi connectivity index (χ3n) is 3.77. The fraction of sp³-hybridized carbons (Fsp3) is 0.429. The van der Waals surface area contributed by atoms with Gasteiger partial charge in [-0.05, 0) is 31.7 Å². The van der Waals surface area contributed by atoms with Gasteiger partial charge in [-0.25, -0.2) is 0 Å². The molecule has 0 spiro atoms. The van der Waals surface area contributed by atoms with Crippen LogP contribution in [0, 0.1) is 16.0 Å². The molecule has 0 bridgehead atoms. The second kappa shape index (κ2) is 6.74. The molecule has 1 aliphatic carbocycles. The molecule has 8 heteroatoms. The van der Waals surface area contributed by atoms with Crippen LogP contribution in [0.2, 0.25) is 5.02 Å². The Balaban J connectivity index is 2.01. The number of hydrogen-bond acceptors (Lipinski definition) is 4. The average molecular weight is 327 g/mol. The molecule has 0 atom stereocenters. The first-order valence-electron chi connectivity index (χ1n) is 6.85. The maximum Gasteiger partial charge on any atom is 0.306 e. The van der Waals surface area contributed by atoms with Gasteiger partial charge >= 0.3 is 5.97 Å². The number of non-ortho nitro benzene ring substituents is 1. The Hall–Kier alpha value is -2.15. The van der Waals surface area contributed by atoms with Crippen molar-refractivity contribution in [2.75, 3.05) is 0 Å². The van der Waals surface area contributed by atoms with Gasteiger partial charge in [0.15, 0.2) is 0 Å². The molecule has 1 amide bonds. The predicted molar refractivity (Wildman–Crippen MR) is 79.0 cm³/mol. The Kier molecular flexibility index (Phi) is 4.97. The monoisotopic (exact) mass is 326 g/mol. The molecular weight excluding hydrogens is 312 g/mol. The predicted octanol–water partition coefficient (Wildman–Crippen LogP) is 2.62. The summed E-state index contributed by atoms with van der Waals surface area (Å²) in [4.78, 5) is 33.2. The molecular formula is C14H15ClN2O5. The maximum absolute atomic E-state index is 12.1. The van der Waals surface area contributed by atoms with Crippen molar-refractivity contribution in [1.82, 2.24) is 5.32 Å². The number of carbonyl (C=O) groups is 2. The molecule has 1 saturated carbocycles. The number of nitrogens with one attached hydrogen (secondary N) is 1. The van der Waals surface area contributed by atoms with E-state index in [9.17, 15) is 19.7 Å². The molecule has 0 saturated heterocycles. The van der Waals surface area contributed by atoms with Gasteiger partial charge in [0.05, 0.1) is 10.8 Å². The molecule has 0 aromatic heterocycles. The molecule has 118 valence electrons. The van der Waals surface area contributed by atoms with Gasteiger partial charge in [0.25, 0.3) is 11.6 Å². The second-order valence-corrected chi connectivity index (χ2v) is 5.75. The van der Waals surface area contributed by atoms with Crippen molar-refractivity contribution in [3.63, 3.8) is 0 Å². The van der Waals surface area contributed by atoms with Crippen molar-refractivity contribution < 1.29 is 19.6 Å². The van der Waals surface area contributed by atoms with Gasteiger partial charge in [0.1, 0.15) is 0 Å². The highest BCUT2D eigenvalue weighted by molar-refractivity contribution is 6.31. The zero-order chi connectivity index (χ0) is 16.3. The molecule has 0 radical (unpaired) electrons. The number of benzene rings is 1. The topological polar surface area (TPSA) is 110 Å². The fourth-order valence-corrected chi connectivity index (χ4v) is 2.79. The molecule has 1 aromatic rings. The molecule has 0 heterocycles. The van der Waals surface area contributed by atoms with Crippen molar-refractivity contribution in [3.8, 4) is 0 Å². The van der Waals surface area contributed by atoms with E-state index in [1.807, 2.05) is 0 Å². The number of aliphatic carboxylic acids is 1. The Morgan fingerprint density at radius 3 is 2.41 bits per heavy atom. The first kappa shape index (κ1) is 16.2. The van der Waals surface area contributed by atoms with Crippen molar-refractivity contribution >= 4 is 29.2 Å². The van der Waals surface area contributed by atoms with Gasteiger partial charge < -0.3 is 10.4 Å². The van der Waals surface area contributed by atoms with Crippen molar-refractivity contribution in [2.24, 2.45) is 5.92 Å². The van der Waals surface area contributed by atoms with Gasteiger partial charge in [-0.2, -0.15) is 0 Å². The molecule has 1 aliphatic rings. The number of nitro groups is 1. The average Bonchev–Trinajstić information content (AvgIpc) is 2.47. The summed E-state index contributed by atoms with van der Waals surface area (Å²) in [7, 11) is 0. The van der Waals surface area contributed by atoms with Gasteiger partial charge in [0, 0.05) is 28.8 Å². The molecule has 2 N–H and O–H groups in total. The summed E-state index contributed by atoms with van der Waals surface area (Å²) in [5.74, 6) is -1.61. The normalized spacial score (nSPS) is 21.1. The first-order valence-corrected chi connectivity index (χ1v) is 7.23. The molecule has 1 fully saturated rings. The van der Waals surface area contributed by atoms with Crippen LogP contribution < -0.4 is 5.32 Å². The molecule has 7 nitrogen and oxygen atoms in total. The van der Waals surface area contributed by atoms with Crippen LogP contribution in [0.15, 0.2) is 18.2 Å². The summed E-state index contributed by atoms with van der Waals surface area (Å²) in [5, 5.41) is 22.6. The van der Waals surface area contributed by atoms with E-state index in [4.69, 9.17) is 16.7 Å². The quantitative estimate of drug-likeness (QED) is 0.653. The smallest absolute Gasteiger partial charge is 0.306 e. The van der Waals surface area contributed by atoms with Crippen molar-refractivity contribution in [3.05, 3.63) is 38.9 Å². The number of amides is 1. The van der Waals surface area contributed by atoms with E-state index >= 15 is 0 Å². The van der Waals surface area contributed by atoms with E-state index < -0.39 is 16.8 Å². The number of carboxylic acid groups (broad SMARTS) is 1. The zero-order valence-electron chi connectivity index (χ0n) is 11.6. The molecule has 1 aromatic carbocycles. The molecule has 22 heavy (non-hydrogen) atoms. The summed E-state index contributed by atoms with van der Waals surface area (Å²) < 4.78 is 0. The van der Waals surface area contributed by atoms with E-state index in [0.29, 0.717) is 25.7 Å². The maximum atomic E-state index is 12.1. The Morgan fingerprint density at radius 1 is 1.23 bits per heavy atom. The number of nitro benzene ring substituents is 1. The van der Waals surface area contributed by atoms with E-state index in [1.54, 1.807) is 0 Å². The van der Waals surface area contributed by atoms with Crippen LogP contribution in [0.3, 0.4) is 0 Å². The van der Waals surface area contributed by atoms with Gasteiger partial charge in [-0.15, -0.1) is 0 Å². The van der Waals surface area contributed by atoms with Crippen LogP contribution in [-0.4, -0.2) is 27.9 Å². The number of rotatable bonds is 4. The number of nitrogens with zero attached hydrogens (tertiary/aromatic N) is 1. The second-order valence-electron chi connectivity index (χ2n) is 5.32. The van der Waals surface area contributed by atoms with Gasteiger partial charge in [-0.1, -0.05) is 11.6 Å². The SMILES string of the molecule is O=C(NC1CCC(C(=O)O)CC1)c1cc(Cl)cc([N+](=O)[O-])c1. The van der Waals surface area contributed by atoms with Gasteiger partial charge in [0.2, 0.25) is 0 Å². The number of carboxylic acids is 1. The van der Waals surface area contributed by atoms with Crippen molar-refractivity contribution in [2.45, 2.75) is 31.7 Å². The van der Waals surface area contributed by atoms with Crippen LogP contribution in [0.25, 0.3) is 0 Å². The largest absolute Gasteiger partial charge is 0.481 e. The van der Waals surface area contributed by atoms with E-state index in [-0.39, 0.29) is 28.2 Å². The minimum Gasteiger partial charge on any atom is -0.481 e. The standard InChI is InChI=1S/C14H15ClN2O5/c15-10-5-9(6-12(7-10)17(21)22)13(18)16-11-3-1-8(2-4-11)14(19)20/h5-8,11H,1-4H2,(H,16,18)(H,19,20). The molecule has 0 aliphatic heterocycles. The Labute approximate surface area is 131 Å². The molecule has 0 unspecified atom stereocenters. The lowest BCUT2D eigenvalue weighted by Crippen LogP contribution is -2.38. The van der Waals surface area contributed by atoms with Crippen LogP contribution in [-0.2, 0) is 4.79 Å². The molecule has 2 rings (SSSR count). The highest BCUT2D eigenvalue weighted by Gasteiger charge is 2.27. The lowest BCUT2D eigenvalue weighted by molar-refractivity contribution is -0.384. The summed E-state index contributed by atoms with van der Waals surface area (Å²) in [5.41, 5.74) is -0.119. The number of carbonyl (C=O) groups excluding carboxylic acids is 1. The number of halogens is 1. The van der Waals surface area contributed by atoms with Gasteiger partial charge in [-0.3, -0.25) is 19.7 Å². The van der Waals surface area contributed by atoms with E-state index in [2.05, 4.69) is 5.32 Å². The van der Waals surface area contributed by atoms with Crippen LogP contribution in [0.4, 0.5) is 5.69 Å². The summed E-state index contributed by atoms with van der Waals surface area (Å²) in [6.45, 7) is 0. The lowest BCUT2D eigenvalue weighted by atomic mass is 9.86. The summed E-state index contributed by atoms with van der Waals surface area (Å²) in [6.07, 6.45) is 2.17. The zero-order valence-corrected chi connectivity index (χ0v) is 12.4. The van der Waals surface area contributed by atoms with E-state index in [1.165, 1.54) is 18.2 Å². The third-order valence-corrected chi connectivity index (χ3v) is 3.99. The first-order chi connectivity index (χ1) is 10.4. The number of hydrogen-bond donors (Lipinski definition) is 2.